The summed E-state index contributed by atoms with van der Waals surface area (Å²) in [5, 5.41) is 5.77. The van der Waals surface area contributed by atoms with Crippen LogP contribution in [-0.4, -0.2) is 55.1 Å². The van der Waals surface area contributed by atoms with Crippen molar-refractivity contribution in [3.05, 3.63) is 59.7 Å². The molecule has 0 atom stereocenters. The number of nitrogens with one attached hydrogen (secondary N) is 2. The van der Waals surface area contributed by atoms with Gasteiger partial charge in [-0.15, -0.1) is 0 Å². The third-order valence-electron chi connectivity index (χ3n) is 6.58. The molecule has 0 saturated carbocycles. The first-order chi connectivity index (χ1) is 18.1. The van der Waals surface area contributed by atoms with Crippen LogP contribution in [0.25, 0.3) is 11.4 Å². The fraction of sp³-hybridized carbons (Fsp3) is 0.407. The lowest BCUT2D eigenvalue weighted by Crippen LogP contribution is -2.37. The van der Waals surface area contributed by atoms with E-state index in [-0.39, 0.29) is 18.4 Å². The zero-order chi connectivity index (χ0) is 27.3. The molecule has 202 valence electrons. The highest BCUT2D eigenvalue weighted by molar-refractivity contribution is 5.76. The lowest BCUT2D eigenvalue weighted by molar-refractivity contribution is -0.137. The molecule has 0 spiro atoms. The summed E-state index contributed by atoms with van der Waals surface area (Å²) >= 11 is 0. The van der Waals surface area contributed by atoms with Crippen molar-refractivity contribution in [1.29, 1.82) is 0 Å². The van der Waals surface area contributed by atoms with Gasteiger partial charge in [-0.05, 0) is 48.6 Å². The molecule has 8 nitrogen and oxygen atoms in total. The Kier molecular flexibility index (Phi) is 8.33. The summed E-state index contributed by atoms with van der Waals surface area (Å²) in [7, 11) is 5.73. The molecule has 3 aromatic rings. The number of aromatic nitrogens is 3. The van der Waals surface area contributed by atoms with E-state index in [1.807, 2.05) is 43.3 Å². The molecule has 11 heteroatoms. The van der Waals surface area contributed by atoms with E-state index in [2.05, 4.69) is 25.5 Å². The third kappa shape index (κ3) is 6.90. The number of amides is 1. The van der Waals surface area contributed by atoms with Crippen molar-refractivity contribution < 1.29 is 18.0 Å². The Morgan fingerprint density at radius 2 is 1.79 bits per heavy atom. The van der Waals surface area contributed by atoms with Crippen LogP contribution in [0.1, 0.15) is 30.4 Å². The number of rotatable bonds is 8. The van der Waals surface area contributed by atoms with Crippen LogP contribution in [0.5, 0.6) is 0 Å². The summed E-state index contributed by atoms with van der Waals surface area (Å²) in [4.78, 5) is 30.4. The van der Waals surface area contributed by atoms with Gasteiger partial charge < -0.3 is 20.4 Å². The van der Waals surface area contributed by atoms with Crippen molar-refractivity contribution in [2.45, 2.75) is 32.0 Å². The molecule has 38 heavy (non-hydrogen) atoms. The summed E-state index contributed by atoms with van der Waals surface area (Å²) in [6, 6.07) is 13.0. The van der Waals surface area contributed by atoms with Crippen molar-refractivity contribution in [1.82, 2.24) is 20.3 Å². The van der Waals surface area contributed by atoms with Crippen LogP contribution in [0.4, 0.5) is 30.8 Å². The maximum Gasteiger partial charge on any atom is 0.416 e. The number of halogens is 3. The zero-order valence-electron chi connectivity index (χ0n) is 21.7. The van der Waals surface area contributed by atoms with Crippen molar-refractivity contribution in [2.75, 3.05) is 49.3 Å². The van der Waals surface area contributed by atoms with E-state index in [4.69, 9.17) is 4.98 Å². The quantitative estimate of drug-likeness (QED) is 0.443. The maximum absolute atomic E-state index is 12.9. The number of carbonyl (C=O) groups is 1. The third-order valence-corrected chi connectivity index (χ3v) is 6.58. The van der Waals surface area contributed by atoms with Gasteiger partial charge in [0.1, 0.15) is 0 Å². The number of carbonyl (C=O) groups excluding carboxylic acids is 1. The van der Waals surface area contributed by atoms with E-state index in [9.17, 15) is 18.0 Å². The average molecular weight is 528 g/mol. The first-order valence-corrected chi connectivity index (χ1v) is 12.5. The molecule has 1 aliphatic heterocycles. The number of benzene rings is 2. The number of hydrogen-bond acceptors (Lipinski definition) is 7. The molecular formula is C27H32F3N7O. The summed E-state index contributed by atoms with van der Waals surface area (Å²) in [6.07, 6.45) is -2.52. The molecule has 0 aliphatic carbocycles. The van der Waals surface area contributed by atoms with Gasteiger partial charge in [0.2, 0.25) is 17.8 Å². The van der Waals surface area contributed by atoms with Gasteiger partial charge in [-0.3, -0.25) is 4.79 Å². The number of alkyl halides is 3. The predicted molar refractivity (Wildman–Crippen MR) is 142 cm³/mol. The number of piperidine rings is 1. The van der Waals surface area contributed by atoms with Crippen LogP contribution in [0.3, 0.4) is 0 Å². The molecule has 2 heterocycles. The van der Waals surface area contributed by atoms with Gasteiger partial charge in [0, 0.05) is 58.4 Å². The molecule has 2 aromatic carbocycles. The van der Waals surface area contributed by atoms with Crippen molar-refractivity contribution in [2.24, 2.45) is 5.92 Å². The number of hydrogen-bond donors (Lipinski definition) is 2. The van der Waals surface area contributed by atoms with Crippen LogP contribution < -0.4 is 20.4 Å². The van der Waals surface area contributed by atoms with Crippen LogP contribution in [0.2, 0.25) is 0 Å². The Bertz CT molecular complexity index is 1260. The van der Waals surface area contributed by atoms with E-state index in [0.717, 1.165) is 36.2 Å². The first kappa shape index (κ1) is 27.2. The van der Waals surface area contributed by atoms with Gasteiger partial charge in [-0.2, -0.15) is 28.1 Å². The molecule has 0 radical (unpaired) electrons. The van der Waals surface area contributed by atoms with Crippen LogP contribution in [-0.2, 0) is 17.5 Å². The minimum absolute atomic E-state index is 0.0665. The van der Waals surface area contributed by atoms with Gasteiger partial charge in [-0.1, -0.05) is 24.3 Å². The van der Waals surface area contributed by atoms with Crippen LogP contribution >= 0.6 is 0 Å². The lowest BCUT2D eigenvalue weighted by Gasteiger charge is -2.32. The smallest absolute Gasteiger partial charge is 0.378 e. The van der Waals surface area contributed by atoms with Gasteiger partial charge in [-0.25, -0.2) is 0 Å². The summed E-state index contributed by atoms with van der Waals surface area (Å²) in [6.45, 7) is 1.45. The number of nitrogens with zero attached hydrogens (tertiary/aromatic N) is 5. The highest BCUT2D eigenvalue weighted by Gasteiger charge is 2.30. The molecule has 1 amide bonds. The minimum Gasteiger partial charge on any atom is -0.378 e. The number of anilines is 3. The summed E-state index contributed by atoms with van der Waals surface area (Å²) < 4.78 is 38.8. The molecule has 1 aromatic heterocycles. The fourth-order valence-electron chi connectivity index (χ4n) is 4.40. The molecule has 2 N–H and O–H groups in total. The topological polar surface area (TPSA) is 86.3 Å². The van der Waals surface area contributed by atoms with Crippen molar-refractivity contribution in [3.63, 3.8) is 0 Å². The predicted octanol–water partition coefficient (Wildman–Crippen LogP) is 4.59. The lowest BCUT2D eigenvalue weighted by atomic mass is 9.93. The Morgan fingerprint density at radius 1 is 1.05 bits per heavy atom. The highest BCUT2D eigenvalue weighted by Crippen LogP contribution is 2.30. The van der Waals surface area contributed by atoms with Crippen LogP contribution in [0, 0.1) is 5.92 Å². The standard InChI is InChI=1S/C27H32F3N7O/c1-31-25-33-24(20-7-5-9-22(16-20)36(2)3)34-26(35-25)37-12-10-18(11-13-37)15-23(38)32-17-19-6-4-8-21(14-19)27(28,29)30/h4-9,14,16,18H,10-13,15,17H2,1-3H3,(H,32,38)(H,31,33,34,35). The van der Waals surface area contributed by atoms with Crippen molar-refractivity contribution >= 4 is 23.5 Å². The van der Waals surface area contributed by atoms with Gasteiger partial charge >= 0.3 is 6.18 Å². The normalized spacial score (nSPS) is 14.3. The zero-order valence-corrected chi connectivity index (χ0v) is 21.7. The highest BCUT2D eigenvalue weighted by atomic mass is 19.4. The van der Waals surface area contributed by atoms with Crippen LogP contribution in [0.15, 0.2) is 48.5 Å². The summed E-state index contributed by atoms with van der Waals surface area (Å²) in [5.41, 5.74) is 1.64. The Morgan fingerprint density at radius 3 is 2.47 bits per heavy atom. The molecule has 0 bridgehead atoms. The summed E-state index contributed by atoms with van der Waals surface area (Å²) in [5.74, 6) is 1.66. The van der Waals surface area contributed by atoms with Gasteiger partial charge in [0.25, 0.3) is 0 Å². The Balaban J connectivity index is 1.34. The van der Waals surface area contributed by atoms with E-state index < -0.39 is 11.7 Å². The second-order valence-corrected chi connectivity index (χ2v) is 9.59. The van der Waals surface area contributed by atoms with E-state index in [1.165, 1.54) is 6.07 Å². The minimum atomic E-state index is -4.41. The Labute approximate surface area is 220 Å². The second kappa shape index (κ2) is 11.7. The molecular weight excluding hydrogens is 495 g/mol. The monoisotopic (exact) mass is 527 g/mol. The molecule has 1 aliphatic rings. The molecule has 1 fully saturated rings. The van der Waals surface area contributed by atoms with E-state index in [0.29, 0.717) is 42.8 Å². The van der Waals surface area contributed by atoms with Crippen molar-refractivity contribution in [3.8, 4) is 11.4 Å². The largest absolute Gasteiger partial charge is 0.416 e. The molecule has 1 saturated heterocycles. The maximum atomic E-state index is 12.9. The van der Waals surface area contributed by atoms with E-state index >= 15 is 0 Å². The second-order valence-electron chi connectivity index (χ2n) is 9.59. The average Bonchev–Trinajstić information content (AvgIpc) is 2.92. The van der Waals surface area contributed by atoms with Gasteiger partial charge in [0.05, 0.1) is 5.56 Å². The van der Waals surface area contributed by atoms with Gasteiger partial charge in [0.15, 0.2) is 5.82 Å². The fourth-order valence-corrected chi connectivity index (χ4v) is 4.40. The van der Waals surface area contributed by atoms with E-state index in [1.54, 1.807) is 13.1 Å². The molecule has 4 rings (SSSR count). The SMILES string of the molecule is CNc1nc(-c2cccc(N(C)C)c2)nc(N2CCC(CC(=O)NCc3cccc(C(F)(F)F)c3)CC2)n1. The molecule has 0 unspecified atom stereocenters. The Hall–Kier alpha value is -3.89. The first-order valence-electron chi connectivity index (χ1n) is 12.5.